The lowest BCUT2D eigenvalue weighted by Gasteiger charge is -2.22. The van der Waals surface area contributed by atoms with E-state index in [0.717, 1.165) is 61.8 Å². The van der Waals surface area contributed by atoms with Crippen LogP contribution < -0.4 is 4.74 Å². The maximum atomic E-state index is 12.7. The number of aromatic amines is 1. The van der Waals surface area contributed by atoms with Crippen LogP contribution in [0, 0.1) is 0 Å². The summed E-state index contributed by atoms with van der Waals surface area (Å²) in [6.07, 6.45) is 2.16. The number of aryl methyl sites for hydroxylation is 1. The standard InChI is InChI=1S/C23H28N4O2/c1-29-19-9-7-18(8-10-19)17-26-13-4-14-27(16-15-26)23(28)12-11-22-24-20-5-2-3-6-21(20)25-22/h2-3,5-10H,4,11-17H2,1H3,(H,24,25). The molecule has 1 aliphatic rings. The number of imidazole rings is 1. The molecule has 0 atom stereocenters. The molecule has 1 N–H and O–H groups in total. The predicted octanol–water partition coefficient (Wildman–Crippen LogP) is 3.24. The van der Waals surface area contributed by atoms with Gasteiger partial charge < -0.3 is 14.6 Å². The molecule has 0 aliphatic carbocycles. The average Bonchev–Trinajstić information content (AvgIpc) is 3.03. The van der Waals surface area contributed by atoms with Crippen LogP contribution in [0.15, 0.2) is 48.5 Å². The number of hydrogen-bond donors (Lipinski definition) is 1. The van der Waals surface area contributed by atoms with Crippen molar-refractivity contribution in [2.45, 2.75) is 25.8 Å². The molecule has 4 rings (SSSR count). The number of methoxy groups -OCH3 is 1. The number of aromatic nitrogens is 2. The van der Waals surface area contributed by atoms with Gasteiger partial charge in [-0.2, -0.15) is 0 Å². The van der Waals surface area contributed by atoms with Crippen LogP contribution in [-0.2, 0) is 17.8 Å². The van der Waals surface area contributed by atoms with Gasteiger partial charge in [0.25, 0.3) is 0 Å². The van der Waals surface area contributed by atoms with Crippen molar-refractivity contribution in [3.05, 3.63) is 59.9 Å². The Bertz CT molecular complexity index is 918. The van der Waals surface area contributed by atoms with Gasteiger partial charge in [0.15, 0.2) is 0 Å². The molecular formula is C23H28N4O2. The Labute approximate surface area is 171 Å². The molecule has 0 bridgehead atoms. The van der Waals surface area contributed by atoms with E-state index in [-0.39, 0.29) is 5.91 Å². The quantitative estimate of drug-likeness (QED) is 0.700. The molecule has 1 amide bonds. The smallest absolute Gasteiger partial charge is 0.223 e. The van der Waals surface area contributed by atoms with Crippen LogP contribution in [0.4, 0.5) is 0 Å². The topological polar surface area (TPSA) is 61.5 Å². The molecule has 1 fully saturated rings. The molecule has 1 aromatic heterocycles. The first-order chi connectivity index (χ1) is 14.2. The number of para-hydroxylation sites is 2. The highest BCUT2D eigenvalue weighted by Gasteiger charge is 2.19. The molecule has 0 spiro atoms. The second-order valence-corrected chi connectivity index (χ2v) is 7.56. The minimum absolute atomic E-state index is 0.219. The number of nitrogens with zero attached hydrogens (tertiary/aromatic N) is 3. The van der Waals surface area contributed by atoms with E-state index in [1.165, 1.54) is 5.56 Å². The second kappa shape index (κ2) is 9.09. The maximum absolute atomic E-state index is 12.7. The summed E-state index contributed by atoms with van der Waals surface area (Å²) in [6, 6.07) is 16.2. The Morgan fingerprint density at radius 3 is 2.69 bits per heavy atom. The fourth-order valence-corrected chi connectivity index (χ4v) is 3.88. The van der Waals surface area contributed by atoms with Crippen molar-refractivity contribution in [2.75, 3.05) is 33.3 Å². The number of ether oxygens (including phenoxy) is 1. The molecule has 1 saturated heterocycles. The largest absolute Gasteiger partial charge is 0.497 e. The summed E-state index contributed by atoms with van der Waals surface area (Å²) in [7, 11) is 1.68. The van der Waals surface area contributed by atoms with Gasteiger partial charge in [-0.1, -0.05) is 24.3 Å². The number of fused-ring (bicyclic) bond motifs is 1. The molecule has 0 radical (unpaired) electrons. The van der Waals surface area contributed by atoms with Gasteiger partial charge >= 0.3 is 0 Å². The van der Waals surface area contributed by atoms with Crippen molar-refractivity contribution < 1.29 is 9.53 Å². The van der Waals surface area contributed by atoms with Gasteiger partial charge in [0, 0.05) is 45.6 Å². The first-order valence-corrected chi connectivity index (χ1v) is 10.3. The third kappa shape index (κ3) is 4.95. The van der Waals surface area contributed by atoms with E-state index in [2.05, 4.69) is 27.0 Å². The van der Waals surface area contributed by atoms with Gasteiger partial charge in [-0.25, -0.2) is 4.98 Å². The lowest BCUT2D eigenvalue weighted by atomic mass is 10.2. The van der Waals surface area contributed by atoms with Crippen molar-refractivity contribution in [1.82, 2.24) is 19.8 Å². The Hall–Kier alpha value is -2.86. The third-order valence-electron chi connectivity index (χ3n) is 5.52. The van der Waals surface area contributed by atoms with Gasteiger partial charge in [0.05, 0.1) is 18.1 Å². The number of nitrogens with one attached hydrogen (secondary N) is 1. The minimum Gasteiger partial charge on any atom is -0.497 e. The van der Waals surface area contributed by atoms with Crippen LogP contribution in [-0.4, -0.2) is 59.0 Å². The lowest BCUT2D eigenvalue weighted by molar-refractivity contribution is -0.131. The zero-order valence-electron chi connectivity index (χ0n) is 16.9. The van der Waals surface area contributed by atoms with E-state index in [1.807, 2.05) is 41.3 Å². The fourth-order valence-electron chi connectivity index (χ4n) is 3.88. The molecule has 152 valence electrons. The summed E-state index contributed by atoms with van der Waals surface area (Å²) in [6.45, 7) is 4.44. The first-order valence-electron chi connectivity index (χ1n) is 10.3. The van der Waals surface area contributed by atoms with Gasteiger partial charge in [-0.3, -0.25) is 9.69 Å². The summed E-state index contributed by atoms with van der Waals surface area (Å²) >= 11 is 0. The number of amides is 1. The molecule has 6 nitrogen and oxygen atoms in total. The number of carbonyl (C=O) groups is 1. The van der Waals surface area contributed by atoms with E-state index in [1.54, 1.807) is 7.11 Å². The maximum Gasteiger partial charge on any atom is 0.223 e. The zero-order chi connectivity index (χ0) is 20.1. The monoisotopic (exact) mass is 392 g/mol. The van der Waals surface area contributed by atoms with E-state index in [4.69, 9.17) is 4.74 Å². The van der Waals surface area contributed by atoms with Crippen molar-refractivity contribution in [2.24, 2.45) is 0 Å². The SMILES string of the molecule is COc1ccc(CN2CCCN(C(=O)CCc3nc4ccccc4[nH]3)CC2)cc1. The summed E-state index contributed by atoms with van der Waals surface area (Å²) in [4.78, 5) is 25.0. The number of benzene rings is 2. The Morgan fingerprint density at radius 1 is 1.07 bits per heavy atom. The molecule has 6 heteroatoms. The van der Waals surface area contributed by atoms with Gasteiger partial charge in [-0.05, 0) is 36.2 Å². The van der Waals surface area contributed by atoms with Gasteiger partial charge in [0.1, 0.15) is 11.6 Å². The van der Waals surface area contributed by atoms with Crippen LogP contribution in [0.5, 0.6) is 5.75 Å². The fraction of sp³-hybridized carbons (Fsp3) is 0.391. The summed E-state index contributed by atoms with van der Waals surface area (Å²) < 4.78 is 5.23. The highest BCUT2D eigenvalue weighted by Crippen LogP contribution is 2.15. The second-order valence-electron chi connectivity index (χ2n) is 7.56. The molecule has 0 saturated carbocycles. The molecule has 1 aliphatic heterocycles. The molecular weight excluding hydrogens is 364 g/mol. The van der Waals surface area contributed by atoms with Crippen LogP contribution >= 0.6 is 0 Å². The van der Waals surface area contributed by atoms with Crippen molar-refractivity contribution in [1.29, 1.82) is 0 Å². The molecule has 2 aromatic carbocycles. The number of H-pyrrole nitrogens is 1. The molecule has 3 aromatic rings. The van der Waals surface area contributed by atoms with E-state index in [0.29, 0.717) is 12.8 Å². The van der Waals surface area contributed by atoms with Gasteiger partial charge in [0.2, 0.25) is 5.91 Å². The molecule has 2 heterocycles. The Kier molecular flexibility index (Phi) is 6.10. The van der Waals surface area contributed by atoms with Crippen LogP contribution in [0.3, 0.4) is 0 Å². The summed E-state index contributed by atoms with van der Waals surface area (Å²) in [5.74, 6) is 1.98. The normalized spacial score (nSPS) is 15.4. The Balaban J connectivity index is 1.27. The lowest BCUT2D eigenvalue weighted by Crippen LogP contribution is -2.35. The van der Waals surface area contributed by atoms with Crippen LogP contribution in [0.25, 0.3) is 11.0 Å². The minimum atomic E-state index is 0.219. The van der Waals surface area contributed by atoms with Crippen LogP contribution in [0.2, 0.25) is 0 Å². The predicted molar refractivity (Wildman–Crippen MR) is 114 cm³/mol. The number of carbonyl (C=O) groups excluding carboxylic acids is 1. The number of rotatable bonds is 6. The van der Waals surface area contributed by atoms with Crippen molar-refractivity contribution in [3.63, 3.8) is 0 Å². The number of hydrogen-bond acceptors (Lipinski definition) is 4. The van der Waals surface area contributed by atoms with Crippen molar-refractivity contribution in [3.8, 4) is 5.75 Å². The Morgan fingerprint density at radius 2 is 1.90 bits per heavy atom. The highest BCUT2D eigenvalue weighted by molar-refractivity contribution is 5.77. The van der Waals surface area contributed by atoms with Crippen LogP contribution in [0.1, 0.15) is 24.2 Å². The van der Waals surface area contributed by atoms with E-state index < -0.39 is 0 Å². The van der Waals surface area contributed by atoms with Crippen molar-refractivity contribution >= 4 is 16.9 Å². The molecule has 0 unspecified atom stereocenters. The van der Waals surface area contributed by atoms with E-state index >= 15 is 0 Å². The third-order valence-corrected chi connectivity index (χ3v) is 5.52. The summed E-state index contributed by atoms with van der Waals surface area (Å²) in [5, 5.41) is 0. The highest BCUT2D eigenvalue weighted by atomic mass is 16.5. The first kappa shape index (κ1) is 19.5. The summed E-state index contributed by atoms with van der Waals surface area (Å²) in [5.41, 5.74) is 3.26. The molecule has 29 heavy (non-hydrogen) atoms. The zero-order valence-corrected chi connectivity index (χ0v) is 16.9. The van der Waals surface area contributed by atoms with E-state index in [9.17, 15) is 4.79 Å². The average molecular weight is 393 g/mol. The van der Waals surface area contributed by atoms with Gasteiger partial charge in [-0.15, -0.1) is 0 Å².